The van der Waals surface area contributed by atoms with E-state index in [4.69, 9.17) is 4.74 Å². The Morgan fingerprint density at radius 1 is 1.26 bits per heavy atom. The van der Waals surface area contributed by atoms with Crippen molar-refractivity contribution in [1.29, 1.82) is 0 Å². The molecule has 1 saturated heterocycles. The van der Waals surface area contributed by atoms with Crippen LogP contribution in [0.25, 0.3) is 0 Å². The van der Waals surface area contributed by atoms with E-state index in [2.05, 4.69) is 4.72 Å². The van der Waals surface area contributed by atoms with Crippen LogP contribution in [0.2, 0.25) is 0 Å². The van der Waals surface area contributed by atoms with Crippen LogP contribution in [-0.2, 0) is 14.8 Å². The third-order valence-corrected chi connectivity index (χ3v) is 7.79. The van der Waals surface area contributed by atoms with Gasteiger partial charge in [0, 0.05) is 12.1 Å². The number of amides is 1. The zero-order valence-corrected chi connectivity index (χ0v) is 17.0. The molecule has 148 valence electrons. The molecular formula is C20H28N2O4S. The van der Waals surface area contributed by atoms with Gasteiger partial charge < -0.3 is 9.64 Å². The van der Waals surface area contributed by atoms with Gasteiger partial charge in [-0.25, -0.2) is 13.1 Å². The Hall–Kier alpha value is -1.44. The fraction of sp³-hybridized carbons (Fsp3) is 0.650. The molecule has 1 amide bonds. The van der Waals surface area contributed by atoms with Crippen molar-refractivity contribution in [3.63, 3.8) is 0 Å². The van der Waals surface area contributed by atoms with Crippen molar-refractivity contribution in [1.82, 2.24) is 9.62 Å². The van der Waals surface area contributed by atoms with Gasteiger partial charge in [0.05, 0.1) is 22.6 Å². The normalized spacial score (nSPS) is 32.2. The lowest BCUT2D eigenvalue weighted by molar-refractivity contribution is -0.208. The summed E-state index contributed by atoms with van der Waals surface area (Å²) < 4.78 is 33.0. The zero-order valence-electron chi connectivity index (χ0n) is 16.2. The molecule has 1 aromatic carbocycles. The maximum absolute atomic E-state index is 13.3. The van der Waals surface area contributed by atoms with Crippen molar-refractivity contribution in [3.05, 3.63) is 29.8 Å². The Kier molecular flexibility index (Phi) is 4.40. The number of morpholine rings is 1. The first-order chi connectivity index (χ1) is 12.6. The molecule has 3 fully saturated rings. The molecule has 1 heterocycles. The Labute approximate surface area is 161 Å². The maximum Gasteiger partial charge on any atom is 0.254 e. The van der Waals surface area contributed by atoms with E-state index >= 15 is 0 Å². The summed E-state index contributed by atoms with van der Waals surface area (Å²) in [5.74, 6) is 1.11. The molecule has 0 unspecified atom stereocenters. The molecule has 1 N–H and O–H groups in total. The summed E-state index contributed by atoms with van der Waals surface area (Å²) in [6, 6.07) is 6.27. The highest BCUT2D eigenvalue weighted by Crippen LogP contribution is 2.55. The van der Waals surface area contributed by atoms with Crippen molar-refractivity contribution < 1.29 is 17.9 Å². The molecular weight excluding hydrogens is 364 g/mol. The van der Waals surface area contributed by atoms with Crippen LogP contribution in [0.4, 0.5) is 0 Å². The molecule has 0 radical (unpaired) electrons. The summed E-state index contributed by atoms with van der Waals surface area (Å²) in [5.41, 5.74) is -0.246. The van der Waals surface area contributed by atoms with Crippen molar-refractivity contribution >= 4 is 15.9 Å². The highest BCUT2D eigenvalue weighted by atomic mass is 32.2. The Bertz CT molecular complexity index is 866. The van der Waals surface area contributed by atoms with Gasteiger partial charge in [-0.3, -0.25) is 4.79 Å². The maximum atomic E-state index is 13.3. The quantitative estimate of drug-likeness (QED) is 0.857. The highest BCUT2D eigenvalue weighted by Gasteiger charge is 2.57. The first kappa shape index (κ1) is 18.9. The molecule has 0 aromatic heterocycles. The average Bonchev–Trinajstić information content (AvgIpc) is 3.20. The number of benzene rings is 1. The molecule has 27 heavy (non-hydrogen) atoms. The lowest BCUT2D eigenvalue weighted by Crippen LogP contribution is -2.62. The van der Waals surface area contributed by atoms with Gasteiger partial charge in [-0.05, 0) is 76.6 Å². The van der Waals surface area contributed by atoms with Crippen LogP contribution in [0, 0.1) is 11.8 Å². The van der Waals surface area contributed by atoms with Gasteiger partial charge in [0.2, 0.25) is 10.0 Å². The number of fused-ring (bicyclic) bond motifs is 3. The van der Waals surface area contributed by atoms with E-state index in [-0.39, 0.29) is 16.4 Å². The van der Waals surface area contributed by atoms with Crippen molar-refractivity contribution in [3.8, 4) is 0 Å². The minimum atomic E-state index is -3.58. The second-order valence-corrected chi connectivity index (χ2v) is 10.8. The second-order valence-electron chi connectivity index (χ2n) is 8.90. The van der Waals surface area contributed by atoms with E-state index in [1.165, 1.54) is 38.4 Å². The Morgan fingerprint density at radius 3 is 2.67 bits per heavy atom. The summed E-state index contributed by atoms with van der Waals surface area (Å²) in [7, 11) is -2.21. The van der Waals surface area contributed by atoms with Gasteiger partial charge in [0.25, 0.3) is 5.91 Å². The highest BCUT2D eigenvalue weighted by molar-refractivity contribution is 7.89. The lowest BCUT2D eigenvalue weighted by atomic mass is 9.81. The first-order valence-corrected chi connectivity index (χ1v) is 11.2. The first-order valence-electron chi connectivity index (χ1n) is 9.67. The fourth-order valence-corrected chi connectivity index (χ4v) is 6.18. The summed E-state index contributed by atoms with van der Waals surface area (Å²) in [6.07, 6.45) is 4.68. The number of rotatable bonds is 3. The van der Waals surface area contributed by atoms with Crippen LogP contribution in [0.5, 0.6) is 0 Å². The number of carbonyl (C=O) groups is 1. The van der Waals surface area contributed by atoms with Gasteiger partial charge in [0.15, 0.2) is 0 Å². The summed E-state index contributed by atoms with van der Waals surface area (Å²) in [4.78, 5) is 15.2. The molecule has 1 spiro atoms. The number of hydrogen-bond donors (Lipinski definition) is 1. The zero-order chi connectivity index (χ0) is 19.4. The largest absolute Gasteiger partial charge is 0.365 e. The fourth-order valence-electron chi connectivity index (χ4n) is 5.41. The predicted molar refractivity (Wildman–Crippen MR) is 102 cm³/mol. The number of ether oxygens (including phenoxy) is 1. The van der Waals surface area contributed by atoms with E-state index in [1.54, 1.807) is 12.1 Å². The summed E-state index contributed by atoms with van der Waals surface area (Å²) in [6.45, 7) is 5.19. The van der Waals surface area contributed by atoms with Crippen LogP contribution >= 0.6 is 0 Å². The number of carbonyl (C=O) groups excluding carboxylic acids is 1. The minimum Gasteiger partial charge on any atom is -0.365 e. The van der Waals surface area contributed by atoms with Crippen LogP contribution < -0.4 is 4.72 Å². The van der Waals surface area contributed by atoms with Gasteiger partial charge in [0.1, 0.15) is 0 Å². The van der Waals surface area contributed by atoms with Crippen LogP contribution in [-0.4, -0.2) is 50.6 Å². The molecule has 6 nitrogen and oxygen atoms in total. The van der Waals surface area contributed by atoms with E-state index in [1.807, 2.05) is 18.7 Å². The number of nitrogens with zero attached hydrogens (tertiary/aromatic N) is 1. The molecule has 3 atom stereocenters. The van der Waals surface area contributed by atoms with Gasteiger partial charge in [-0.15, -0.1) is 0 Å². The molecule has 1 aromatic rings. The molecule has 1 aliphatic heterocycles. The second kappa shape index (κ2) is 6.29. The lowest BCUT2D eigenvalue weighted by Gasteiger charge is -2.52. The van der Waals surface area contributed by atoms with Gasteiger partial charge in [-0.1, -0.05) is 6.07 Å². The van der Waals surface area contributed by atoms with Crippen LogP contribution in [0.1, 0.15) is 49.9 Å². The van der Waals surface area contributed by atoms with Gasteiger partial charge in [-0.2, -0.15) is 0 Å². The van der Waals surface area contributed by atoms with E-state index in [0.29, 0.717) is 30.5 Å². The Balaban J connectivity index is 1.63. The predicted octanol–water partition coefficient (Wildman–Crippen LogP) is 2.40. The van der Waals surface area contributed by atoms with Crippen LogP contribution in [0.15, 0.2) is 29.2 Å². The Morgan fingerprint density at radius 2 is 2.04 bits per heavy atom. The molecule has 2 aliphatic carbocycles. The van der Waals surface area contributed by atoms with Gasteiger partial charge >= 0.3 is 0 Å². The molecule has 2 saturated carbocycles. The monoisotopic (exact) mass is 392 g/mol. The molecule has 3 aliphatic rings. The summed E-state index contributed by atoms with van der Waals surface area (Å²) >= 11 is 0. The third-order valence-electron chi connectivity index (χ3n) is 6.38. The molecule has 7 heteroatoms. The smallest absolute Gasteiger partial charge is 0.254 e. The van der Waals surface area contributed by atoms with Crippen molar-refractivity contribution in [2.45, 2.75) is 55.6 Å². The molecule has 4 rings (SSSR count). The van der Waals surface area contributed by atoms with E-state index in [9.17, 15) is 13.2 Å². The van der Waals surface area contributed by atoms with E-state index in [0.717, 1.165) is 6.42 Å². The summed E-state index contributed by atoms with van der Waals surface area (Å²) in [5, 5.41) is 0. The molecule has 2 bridgehead atoms. The van der Waals surface area contributed by atoms with Crippen LogP contribution in [0.3, 0.4) is 0 Å². The van der Waals surface area contributed by atoms with Crippen molar-refractivity contribution in [2.75, 3.05) is 20.1 Å². The average molecular weight is 393 g/mol. The topological polar surface area (TPSA) is 75.7 Å². The number of sulfonamides is 1. The number of hydrogen-bond acceptors (Lipinski definition) is 4. The van der Waals surface area contributed by atoms with E-state index < -0.39 is 15.6 Å². The minimum absolute atomic E-state index is 0.109. The third kappa shape index (κ3) is 3.30. The number of nitrogens with one attached hydrogen (secondary N) is 1. The standard InChI is InChI=1S/C20H28N2O4S/c1-19(2)12-22(13-20(26-19)11-14-7-8-16(20)9-14)18(23)15-5-4-6-17(10-15)27(24,25)21-3/h4-6,10,14,16,21H,7-9,11-13H2,1-3H3/t14-,16+,20+/m1/s1. The van der Waals surface area contributed by atoms with Crippen molar-refractivity contribution in [2.24, 2.45) is 11.8 Å². The SMILES string of the molecule is CNS(=O)(=O)c1cccc(C(=O)N2CC(C)(C)O[C@@]3(C[C@@H]4CC[C@H]3C4)C2)c1.